The number of hydrogen-bond donors (Lipinski definition) is 1. The number of aromatic nitrogens is 2. The molecule has 1 aliphatic rings. The normalized spacial score (nSPS) is 15.3. The molecule has 3 rings (SSSR count). The first-order valence-corrected chi connectivity index (χ1v) is 10.4. The summed E-state index contributed by atoms with van der Waals surface area (Å²) in [7, 11) is 0. The van der Waals surface area contributed by atoms with Gasteiger partial charge in [0.1, 0.15) is 24.2 Å². The molecule has 160 valence electrons. The van der Waals surface area contributed by atoms with Crippen LogP contribution in [0.5, 0.6) is 5.75 Å². The van der Waals surface area contributed by atoms with Crippen LogP contribution in [0.1, 0.15) is 39.4 Å². The number of imidazole rings is 1. The van der Waals surface area contributed by atoms with Crippen molar-refractivity contribution in [3.05, 3.63) is 48.5 Å². The van der Waals surface area contributed by atoms with Crippen molar-refractivity contribution >= 4 is 29.9 Å². The van der Waals surface area contributed by atoms with Gasteiger partial charge in [-0.1, -0.05) is 32.0 Å². The Morgan fingerprint density at radius 3 is 2.62 bits per heavy atom. The maximum atomic E-state index is 6.11. The molecule has 1 aliphatic heterocycles. The fourth-order valence-electron chi connectivity index (χ4n) is 3.50. The van der Waals surface area contributed by atoms with Gasteiger partial charge in [-0.2, -0.15) is 0 Å². The molecule has 0 bridgehead atoms. The number of nitrogens with one attached hydrogen (secondary N) is 1. The van der Waals surface area contributed by atoms with Crippen molar-refractivity contribution in [2.24, 2.45) is 10.9 Å². The highest BCUT2D eigenvalue weighted by Gasteiger charge is 2.22. The molecule has 0 saturated carbocycles. The standard InChI is InChI=1S/C22H33N5O.HI/c1-4-23-22(25-16-21-24-12-15-27(21)17-18(2)3)26-13-10-20(11-14-26)28-19-8-6-5-7-9-19;/h5-9,12,15,18,20H,4,10-11,13-14,16-17H2,1-3H3,(H,23,25);1H. The second-order valence-corrected chi connectivity index (χ2v) is 7.68. The van der Waals surface area contributed by atoms with Gasteiger partial charge in [-0.3, -0.25) is 0 Å². The molecule has 0 atom stereocenters. The number of guanidine groups is 1. The van der Waals surface area contributed by atoms with Gasteiger partial charge in [0.05, 0.1) is 0 Å². The van der Waals surface area contributed by atoms with Gasteiger partial charge in [-0.25, -0.2) is 9.98 Å². The Labute approximate surface area is 191 Å². The Morgan fingerprint density at radius 2 is 1.97 bits per heavy atom. The summed E-state index contributed by atoms with van der Waals surface area (Å²) in [5.41, 5.74) is 0. The van der Waals surface area contributed by atoms with Gasteiger partial charge in [0.15, 0.2) is 5.96 Å². The molecule has 0 spiro atoms. The summed E-state index contributed by atoms with van der Waals surface area (Å²) >= 11 is 0. The van der Waals surface area contributed by atoms with Gasteiger partial charge < -0.3 is 19.5 Å². The predicted molar refractivity (Wildman–Crippen MR) is 129 cm³/mol. The van der Waals surface area contributed by atoms with E-state index in [2.05, 4.69) is 40.5 Å². The van der Waals surface area contributed by atoms with Gasteiger partial charge >= 0.3 is 0 Å². The van der Waals surface area contributed by atoms with Crippen molar-refractivity contribution in [3.63, 3.8) is 0 Å². The summed E-state index contributed by atoms with van der Waals surface area (Å²) in [5, 5.41) is 3.44. The largest absolute Gasteiger partial charge is 0.490 e. The number of rotatable bonds is 7. The molecule has 1 saturated heterocycles. The highest BCUT2D eigenvalue weighted by atomic mass is 127. The summed E-state index contributed by atoms with van der Waals surface area (Å²) in [4.78, 5) is 11.7. The van der Waals surface area contributed by atoms with Gasteiger partial charge in [0, 0.05) is 51.4 Å². The minimum atomic E-state index is 0. The molecule has 7 heteroatoms. The monoisotopic (exact) mass is 511 g/mol. The molecule has 1 aromatic heterocycles. The van der Waals surface area contributed by atoms with Crippen molar-refractivity contribution in [3.8, 4) is 5.75 Å². The first kappa shape index (κ1) is 23.5. The smallest absolute Gasteiger partial charge is 0.194 e. The van der Waals surface area contributed by atoms with Crippen LogP contribution >= 0.6 is 24.0 Å². The minimum absolute atomic E-state index is 0. The van der Waals surface area contributed by atoms with E-state index in [4.69, 9.17) is 9.73 Å². The van der Waals surface area contributed by atoms with E-state index < -0.39 is 0 Å². The van der Waals surface area contributed by atoms with Gasteiger partial charge in [0.25, 0.3) is 0 Å². The number of benzene rings is 1. The third-order valence-corrected chi connectivity index (χ3v) is 4.86. The van der Waals surface area contributed by atoms with Crippen molar-refractivity contribution < 1.29 is 4.74 Å². The number of halogens is 1. The third-order valence-electron chi connectivity index (χ3n) is 4.86. The lowest BCUT2D eigenvalue weighted by Gasteiger charge is -2.34. The molecule has 1 aromatic carbocycles. The van der Waals surface area contributed by atoms with Crippen LogP contribution in [0.15, 0.2) is 47.7 Å². The van der Waals surface area contributed by atoms with E-state index >= 15 is 0 Å². The summed E-state index contributed by atoms with van der Waals surface area (Å²) in [5.74, 6) is 3.54. The number of aliphatic imine (C=N–C) groups is 1. The van der Waals surface area contributed by atoms with E-state index in [0.29, 0.717) is 12.5 Å². The zero-order chi connectivity index (χ0) is 19.8. The van der Waals surface area contributed by atoms with Gasteiger partial charge in [0.2, 0.25) is 0 Å². The lowest BCUT2D eigenvalue weighted by Crippen LogP contribution is -2.47. The Kier molecular flexibility index (Phi) is 9.76. The average molecular weight is 511 g/mol. The highest BCUT2D eigenvalue weighted by Crippen LogP contribution is 2.19. The number of nitrogens with zero attached hydrogens (tertiary/aromatic N) is 4. The lowest BCUT2D eigenvalue weighted by molar-refractivity contribution is 0.129. The molecule has 29 heavy (non-hydrogen) atoms. The van der Waals surface area contributed by atoms with Crippen LogP contribution < -0.4 is 10.1 Å². The summed E-state index contributed by atoms with van der Waals surface area (Å²) in [6.07, 6.45) is 6.19. The Bertz CT molecular complexity index is 739. The highest BCUT2D eigenvalue weighted by molar-refractivity contribution is 14.0. The summed E-state index contributed by atoms with van der Waals surface area (Å²) < 4.78 is 8.32. The van der Waals surface area contributed by atoms with Gasteiger partial charge in [-0.05, 0) is 25.0 Å². The second-order valence-electron chi connectivity index (χ2n) is 7.68. The average Bonchev–Trinajstić information content (AvgIpc) is 3.13. The van der Waals surface area contributed by atoms with Crippen molar-refractivity contribution in [1.29, 1.82) is 0 Å². The zero-order valence-electron chi connectivity index (χ0n) is 17.8. The van der Waals surface area contributed by atoms with Crippen LogP contribution in [0.3, 0.4) is 0 Å². The lowest BCUT2D eigenvalue weighted by atomic mass is 10.1. The van der Waals surface area contributed by atoms with Gasteiger partial charge in [-0.15, -0.1) is 24.0 Å². The first-order chi connectivity index (χ1) is 13.7. The van der Waals surface area contributed by atoms with Crippen LogP contribution in [0, 0.1) is 5.92 Å². The summed E-state index contributed by atoms with van der Waals surface area (Å²) in [6, 6.07) is 10.1. The van der Waals surface area contributed by atoms with Crippen molar-refractivity contribution in [1.82, 2.24) is 19.8 Å². The third kappa shape index (κ3) is 7.21. The van der Waals surface area contributed by atoms with Crippen molar-refractivity contribution in [2.75, 3.05) is 19.6 Å². The fourth-order valence-corrected chi connectivity index (χ4v) is 3.50. The Hall–Kier alpha value is -1.77. The molecule has 0 unspecified atom stereocenters. The molecule has 6 nitrogen and oxygen atoms in total. The number of hydrogen-bond acceptors (Lipinski definition) is 3. The molecule has 2 heterocycles. The number of ether oxygens (including phenoxy) is 1. The van der Waals surface area contributed by atoms with Crippen LogP contribution in [0.25, 0.3) is 0 Å². The molecule has 0 radical (unpaired) electrons. The van der Waals surface area contributed by atoms with E-state index in [1.54, 1.807) is 0 Å². The van der Waals surface area contributed by atoms with E-state index in [1.807, 2.05) is 42.7 Å². The van der Waals surface area contributed by atoms with Crippen LogP contribution in [-0.4, -0.2) is 46.1 Å². The first-order valence-electron chi connectivity index (χ1n) is 10.4. The van der Waals surface area contributed by atoms with E-state index in [9.17, 15) is 0 Å². The number of likely N-dealkylation sites (tertiary alicyclic amines) is 1. The van der Waals surface area contributed by atoms with E-state index in [1.165, 1.54) is 0 Å². The second kappa shape index (κ2) is 12.0. The summed E-state index contributed by atoms with van der Waals surface area (Å²) in [6.45, 7) is 10.9. The van der Waals surface area contributed by atoms with Crippen LogP contribution in [0.4, 0.5) is 0 Å². The fraction of sp³-hybridized carbons (Fsp3) is 0.545. The maximum absolute atomic E-state index is 6.11. The quantitative estimate of drug-likeness (QED) is 0.345. The molecule has 0 amide bonds. The number of para-hydroxylation sites is 1. The van der Waals surface area contributed by atoms with Crippen LogP contribution in [-0.2, 0) is 13.1 Å². The molecule has 1 N–H and O–H groups in total. The molecule has 1 fully saturated rings. The predicted octanol–water partition coefficient (Wildman–Crippen LogP) is 4.17. The maximum Gasteiger partial charge on any atom is 0.194 e. The Morgan fingerprint density at radius 1 is 1.24 bits per heavy atom. The van der Waals surface area contributed by atoms with E-state index in [0.717, 1.165) is 56.6 Å². The Balaban J connectivity index is 0.00000300. The minimum Gasteiger partial charge on any atom is -0.490 e. The topological polar surface area (TPSA) is 54.7 Å². The van der Waals surface area contributed by atoms with E-state index in [-0.39, 0.29) is 30.1 Å². The zero-order valence-corrected chi connectivity index (χ0v) is 20.1. The van der Waals surface area contributed by atoms with Crippen molar-refractivity contribution in [2.45, 2.75) is 52.8 Å². The molecular formula is C22H34IN5O. The molecule has 0 aliphatic carbocycles. The number of piperidine rings is 1. The molecular weight excluding hydrogens is 477 g/mol. The molecule has 2 aromatic rings. The van der Waals surface area contributed by atoms with Crippen LogP contribution in [0.2, 0.25) is 0 Å². The SMILES string of the molecule is CCNC(=NCc1nccn1CC(C)C)N1CCC(Oc2ccccc2)CC1.I.